The molecule has 1 N–H and O–H groups in total. The van der Waals surface area contributed by atoms with Crippen LogP contribution in [-0.2, 0) is 0 Å². The standard InChI is InChI=1S/C22H21N3O3/c26-22(21-13-17-4-1-2-5-18(17)14-23-21)24-19-7-3-6-16(12-19)15-8-10-20(11-9-15)25(27)28/h1-2,4-5,8-11,13-14,16,19H,3,6-7,12H2,(H,24,26)/t16-,19+/m0/s1. The predicted molar refractivity (Wildman–Crippen MR) is 107 cm³/mol. The Balaban J connectivity index is 1.44. The van der Waals surface area contributed by atoms with Crippen molar-refractivity contribution in [3.8, 4) is 0 Å². The molecule has 2 atom stereocenters. The van der Waals surface area contributed by atoms with Gasteiger partial charge in [-0.2, -0.15) is 0 Å². The van der Waals surface area contributed by atoms with Crippen LogP contribution in [0.5, 0.6) is 0 Å². The van der Waals surface area contributed by atoms with Gasteiger partial charge in [0.15, 0.2) is 0 Å². The van der Waals surface area contributed by atoms with E-state index in [1.807, 2.05) is 42.5 Å². The highest BCUT2D eigenvalue weighted by Gasteiger charge is 2.25. The van der Waals surface area contributed by atoms with Gasteiger partial charge in [0.1, 0.15) is 5.69 Å². The number of carbonyl (C=O) groups is 1. The molecule has 4 rings (SSSR count). The first kappa shape index (κ1) is 18.1. The summed E-state index contributed by atoms with van der Waals surface area (Å²) in [4.78, 5) is 27.4. The number of pyridine rings is 1. The fourth-order valence-corrected chi connectivity index (χ4v) is 3.96. The molecule has 1 saturated carbocycles. The van der Waals surface area contributed by atoms with Gasteiger partial charge < -0.3 is 5.32 Å². The topological polar surface area (TPSA) is 85.1 Å². The number of carbonyl (C=O) groups excluding carboxylic acids is 1. The van der Waals surface area contributed by atoms with Gasteiger partial charge in [0.2, 0.25) is 0 Å². The highest BCUT2D eigenvalue weighted by atomic mass is 16.6. The van der Waals surface area contributed by atoms with E-state index in [0.717, 1.165) is 42.0 Å². The van der Waals surface area contributed by atoms with Gasteiger partial charge >= 0.3 is 0 Å². The number of nitro benzene ring substituents is 1. The summed E-state index contributed by atoms with van der Waals surface area (Å²) in [5.74, 6) is 0.143. The van der Waals surface area contributed by atoms with Crippen LogP contribution in [0.3, 0.4) is 0 Å². The molecular formula is C22H21N3O3. The molecule has 1 heterocycles. The monoisotopic (exact) mass is 375 g/mol. The van der Waals surface area contributed by atoms with Crippen LogP contribution in [0.15, 0.2) is 60.8 Å². The number of aromatic nitrogens is 1. The molecule has 1 amide bonds. The van der Waals surface area contributed by atoms with Crippen molar-refractivity contribution >= 4 is 22.4 Å². The number of nitrogens with one attached hydrogen (secondary N) is 1. The molecule has 0 saturated heterocycles. The number of hydrogen-bond donors (Lipinski definition) is 1. The Morgan fingerprint density at radius 1 is 1.07 bits per heavy atom. The van der Waals surface area contributed by atoms with Gasteiger partial charge in [0.25, 0.3) is 11.6 Å². The minimum Gasteiger partial charge on any atom is -0.348 e. The summed E-state index contributed by atoms with van der Waals surface area (Å²) in [7, 11) is 0. The molecule has 142 valence electrons. The fraction of sp³-hybridized carbons (Fsp3) is 0.273. The van der Waals surface area contributed by atoms with Gasteiger partial charge in [-0.05, 0) is 42.2 Å². The van der Waals surface area contributed by atoms with Crippen LogP contribution in [0.1, 0.15) is 47.7 Å². The van der Waals surface area contributed by atoms with Crippen molar-refractivity contribution in [3.05, 3.63) is 82.2 Å². The number of nitrogens with zero attached hydrogens (tertiary/aromatic N) is 2. The molecule has 6 heteroatoms. The van der Waals surface area contributed by atoms with E-state index in [1.54, 1.807) is 18.3 Å². The molecule has 28 heavy (non-hydrogen) atoms. The number of hydrogen-bond acceptors (Lipinski definition) is 4. The Morgan fingerprint density at radius 3 is 2.57 bits per heavy atom. The number of non-ortho nitro benzene ring substituents is 1. The number of benzene rings is 2. The Morgan fingerprint density at radius 2 is 1.82 bits per heavy atom. The van der Waals surface area contributed by atoms with Crippen LogP contribution in [0.25, 0.3) is 10.8 Å². The van der Waals surface area contributed by atoms with E-state index in [2.05, 4.69) is 10.3 Å². The van der Waals surface area contributed by atoms with Crippen molar-refractivity contribution in [2.45, 2.75) is 37.6 Å². The van der Waals surface area contributed by atoms with E-state index in [0.29, 0.717) is 11.6 Å². The lowest BCUT2D eigenvalue weighted by Gasteiger charge is -2.30. The molecule has 0 unspecified atom stereocenters. The molecule has 1 aliphatic rings. The molecule has 6 nitrogen and oxygen atoms in total. The van der Waals surface area contributed by atoms with Crippen molar-refractivity contribution in [1.29, 1.82) is 0 Å². The van der Waals surface area contributed by atoms with E-state index in [1.165, 1.54) is 0 Å². The van der Waals surface area contributed by atoms with Crippen LogP contribution >= 0.6 is 0 Å². The minimum atomic E-state index is -0.385. The Labute approximate surface area is 162 Å². The largest absolute Gasteiger partial charge is 0.348 e. The van der Waals surface area contributed by atoms with Crippen LogP contribution in [0.4, 0.5) is 5.69 Å². The first-order valence-corrected chi connectivity index (χ1v) is 9.50. The lowest BCUT2D eigenvalue weighted by Crippen LogP contribution is -2.38. The van der Waals surface area contributed by atoms with Crippen molar-refractivity contribution in [3.63, 3.8) is 0 Å². The second-order valence-electron chi connectivity index (χ2n) is 7.30. The van der Waals surface area contributed by atoms with Crippen molar-refractivity contribution in [2.24, 2.45) is 0 Å². The van der Waals surface area contributed by atoms with Gasteiger partial charge in [0.05, 0.1) is 4.92 Å². The summed E-state index contributed by atoms with van der Waals surface area (Å²) in [6.07, 6.45) is 5.53. The molecule has 1 aliphatic carbocycles. The maximum Gasteiger partial charge on any atom is 0.270 e. The van der Waals surface area contributed by atoms with E-state index >= 15 is 0 Å². The molecule has 0 radical (unpaired) electrons. The molecule has 0 spiro atoms. The second-order valence-corrected chi connectivity index (χ2v) is 7.30. The zero-order valence-corrected chi connectivity index (χ0v) is 15.4. The van der Waals surface area contributed by atoms with Crippen molar-refractivity contribution in [1.82, 2.24) is 10.3 Å². The summed E-state index contributed by atoms with van der Waals surface area (Å²) in [5.41, 5.74) is 1.62. The van der Waals surface area contributed by atoms with Crippen LogP contribution in [0, 0.1) is 10.1 Å². The Bertz CT molecular complexity index is 1020. The molecule has 0 bridgehead atoms. The normalized spacial score (nSPS) is 19.3. The summed E-state index contributed by atoms with van der Waals surface area (Å²) in [5, 5.41) is 16.0. The highest BCUT2D eigenvalue weighted by Crippen LogP contribution is 2.33. The SMILES string of the molecule is O=C(N[C@@H]1CCC[C@H](c2ccc([N+](=O)[O-])cc2)C1)c1cc2ccccc2cn1. The van der Waals surface area contributed by atoms with Gasteiger partial charge in [-0.3, -0.25) is 19.9 Å². The predicted octanol–water partition coefficient (Wildman–Crippen LogP) is 4.60. The van der Waals surface area contributed by atoms with Gasteiger partial charge in [0, 0.05) is 29.8 Å². The highest BCUT2D eigenvalue weighted by molar-refractivity contribution is 5.96. The van der Waals surface area contributed by atoms with E-state index in [-0.39, 0.29) is 22.6 Å². The summed E-state index contributed by atoms with van der Waals surface area (Å²) in [6.45, 7) is 0. The number of rotatable bonds is 4. The first-order valence-electron chi connectivity index (χ1n) is 9.50. The lowest BCUT2D eigenvalue weighted by atomic mass is 9.81. The number of nitro groups is 1. The molecule has 1 aromatic heterocycles. The van der Waals surface area contributed by atoms with Crippen LogP contribution in [-0.4, -0.2) is 21.9 Å². The smallest absolute Gasteiger partial charge is 0.270 e. The third-order valence-electron chi connectivity index (χ3n) is 5.45. The molecular weight excluding hydrogens is 354 g/mol. The van der Waals surface area contributed by atoms with Crippen LogP contribution < -0.4 is 5.32 Å². The molecule has 1 fully saturated rings. The van der Waals surface area contributed by atoms with Gasteiger partial charge in [-0.15, -0.1) is 0 Å². The van der Waals surface area contributed by atoms with Gasteiger partial charge in [-0.1, -0.05) is 42.8 Å². The zero-order chi connectivity index (χ0) is 19.5. The average Bonchev–Trinajstić information content (AvgIpc) is 2.73. The van der Waals surface area contributed by atoms with Gasteiger partial charge in [-0.25, -0.2) is 0 Å². The van der Waals surface area contributed by atoms with E-state index in [4.69, 9.17) is 0 Å². The quantitative estimate of drug-likeness (QED) is 0.533. The molecule has 3 aromatic rings. The van der Waals surface area contributed by atoms with Crippen molar-refractivity contribution in [2.75, 3.05) is 0 Å². The Kier molecular flexibility index (Phi) is 5.02. The molecule has 2 aromatic carbocycles. The fourth-order valence-electron chi connectivity index (χ4n) is 3.96. The maximum atomic E-state index is 12.7. The van der Waals surface area contributed by atoms with E-state index < -0.39 is 0 Å². The second kappa shape index (κ2) is 7.76. The summed E-state index contributed by atoms with van der Waals surface area (Å²) >= 11 is 0. The third kappa shape index (κ3) is 3.86. The lowest BCUT2D eigenvalue weighted by molar-refractivity contribution is -0.384. The molecule has 0 aliphatic heterocycles. The zero-order valence-electron chi connectivity index (χ0n) is 15.4. The summed E-state index contributed by atoms with van der Waals surface area (Å²) in [6, 6.07) is 16.5. The van der Waals surface area contributed by atoms with Crippen molar-refractivity contribution < 1.29 is 9.72 Å². The third-order valence-corrected chi connectivity index (χ3v) is 5.45. The Hall–Kier alpha value is -3.28. The number of fused-ring (bicyclic) bond motifs is 1. The van der Waals surface area contributed by atoms with E-state index in [9.17, 15) is 14.9 Å². The first-order chi connectivity index (χ1) is 13.6. The van der Waals surface area contributed by atoms with Crippen LogP contribution in [0.2, 0.25) is 0 Å². The summed E-state index contributed by atoms with van der Waals surface area (Å²) < 4.78 is 0. The maximum absolute atomic E-state index is 12.7. The average molecular weight is 375 g/mol. The minimum absolute atomic E-state index is 0.0784. The number of amides is 1.